The average Bonchev–Trinajstić information content (AvgIpc) is 2.72. The molecular formula is C22H21BrN2O5. The summed E-state index contributed by atoms with van der Waals surface area (Å²) in [6.07, 6.45) is 1.45. The van der Waals surface area contributed by atoms with Gasteiger partial charge in [-0.25, -0.2) is 4.79 Å². The molecule has 1 N–H and O–H groups in total. The number of benzene rings is 2. The molecule has 0 atom stereocenters. The van der Waals surface area contributed by atoms with E-state index < -0.39 is 11.9 Å². The van der Waals surface area contributed by atoms with E-state index >= 15 is 0 Å². The lowest BCUT2D eigenvalue weighted by Crippen LogP contribution is -2.14. The third-order valence-electron chi connectivity index (χ3n) is 3.96. The van der Waals surface area contributed by atoms with Crippen molar-refractivity contribution < 1.29 is 23.8 Å². The molecule has 2 aromatic carbocycles. The third kappa shape index (κ3) is 6.09. The number of rotatable bonds is 8. The molecule has 0 saturated heterocycles. The summed E-state index contributed by atoms with van der Waals surface area (Å²) in [5, 5.41) is 12.2. The van der Waals surface area contributed by atoms with Gasteiger partial charge in [0.2, 0.25) is 0 Å². The number of nitrogens with one attached hydrogen (secondary N) is 1. The summed E-state index contributed by atoms with van der Waals surface area (Å²) in [5.41, 5.74) is 1.99. The Balaban J connectivity index is 2.33. The number of anilines is 1. The van der Waals surface area contributed by atoms with Gasteiger partial charge in [-0.1, -0.05) is 18.2 Å². The highest BCUT2D eigenvalue weighted by atomic mass is 79.9. The smallest absolute Gasteiger partial charge is 0.343 e. The Kier molecular flexibility index (Phi) is 8.44. The number of aryl methyl sites for hydroxylation is 1. The van der Waals surface area contributed by atoms with E-state index in [4.69, 9.17) is 9.47 Å². The van der Waals surface area contributed by atoms with E-state index in [0.29, 0.717) is 33.8 Å². The molecule has 0 aliphatic carbocycles. The predicted octanol–water partition coefficient (Wildman–Crippen LogP) is 4.25. The SMILES string of the molecule is CCOc1cc(/C=C(\C#N)C(=O)Nc2ccccc2C)cc(Br)c1OCC(=O)OC. The molecule has 8 heteroatoms. The zero-order chi connectivity index (χ0) is 22.1. The molecule has 0 heterocycles. The van der Waals surface area contributed by atoms with Crippen molar-refractivity contribution in [1.29, 1.82) is 5.26 Å². The van der Waals surface area contributed by atoms with Gasteiger partial charge in [-0.05, 0) is 65.2 Å². The minimum absolute atomic E-state index is 0.0733. The molecule has 2 aromatic rings. The predicted molar refractivity (Wildman–Crippen MR) is 116 cm³/mol. The van der Waals surface area contributed by atoms with E-state index in [1.165, 1.54) is 13.2 Å². The number of halogens is 1. The molecule has 0 bridgehead atoms. The first-order valence-corrected chi connectivity index (χ1v) is 9.83. The highest BCUT2D eigenvalue weighted by Gasteiger charge is 2.16. The van der Waals surface area contributed by atoms with Crippen LogP contribution in [0.5, 0.6) is 11.5 Å². The number of esters is 1. The quantitative estimate of drug-likeness (QED) is 0.350. The van der Waals surface area contributed by atoms with Crippen LogP contribution in [0.15, 0.2) is 46.4 Å². The minimum atomic E-state index is -0.534. The van der Waals surface area contributed by atoms with Crippen LogP contribution in [0, 0.1) is 18.3 Å². The van der Waals surface area contributed by atoms with Crippen LogP contribution in [0.2, 0.25) is 0 Å². The third-order valence-corrected chi connectivity index (χ3v) is 4.55. The number of para-hydroxylation sites is 1. The van der Waals surface area contributed by atoms with Crippen LogP contribution < -0.4 is 14.8 Å². The molecular weight excluding hydrogens is 452 g/mol. The first-order valence-electron chi connectivity index (χ1n) is 9.04. The summed E-state index contributed by atoms with van der Waals surface area (Å²) < 4.78 is 16.2. The average molecular weight is 473 g/mol. The fourth-order valence-electron chi connectivity index (χ4n) is 2.48. The van der Waals surface area contributed by atoms with Crippen LogP contribution in [-0.4, -0.2) is 32.2 Å². The van der Waals surface area contributed by atoms with Crippen LogP contribution in [0.3, 0.4) is 0 Å². The minimum Gasteiger partial charge on any atom is -0.490 e. The summed E-state index contributed by atoms with van der Waals surface area (Å²) in [6.45, 7) is 3.74. The summed E-state index contributed by atoms with van der Waals surface area (Å²) in [6, 6.07) is 12.5. The summed E-state index contributed by atoms with van der Waals surface area (Å²) >= 11 is 3.38. The highest BCUT2D eigenvalue weighted by Crippen LogP contribution is 2.37. The number of carbonyl (C=O) groups excluding carboxylic acids is 2. The molecule has 30 heavy (non-hydrogen) atoms. The van der Waals surface area contributed by atoms with Gasteiger partial charge in [-0.15, -0.1) is 0 Å². The fraction of sp³-hybridized carbons (Fsp3) is 0.227. The van der Waals surface area contributed by atoms with Gasteiger partial charge in [0.25, 0.3) is 5.91 Å². The van der Waals surface area contributed by atoms with Gasteiger partial charge < -0.3 is 19.5 Å². The maximum Gasteiger partial charge on any atom is 0.343 e. The Labute approximate surface area is 183 Å². The molecule has 2 rings (SSSR count). The number of carbonyl (C=O) groups is 2. The summed E-state index contributed by atoms with van der Waals surface area (Å²) in [4.78, 5) is 23.9. The van der Waals surface area contributed by atoms with E-state index in [9.17, 15) is 14.9 Å². The Morgan fingerprint density at radius 3 is 2.60 bits per heavy atom. The van der Waals surface area contributed by atoms with Crippen LogP contribution in [0.1, 0.15) is 18.1 Å². The van der Waals surface area contributed by atoms with Gasteiger partial charge in [0.1, 0.15) is 11.6 Å². The van der Waals surface area contributed by atoms with Crippen molar-refractivity contribution in [3.05, 3.63) is 57.6 Å². The summed E-state index contributed by atoms with van der Waals surface area (Å²) in [5.74, 6) is -0.374. The number of nitriles is 1. The van der Waals surface area contributed by atoms with Crippen molar-refractivity contribution in [2.24, 2.45) is 0 Å². The van der Waals surface area contributed by atoms with E-state index in [1.54, 1.807) is 31.2 Å². The second-order valence-electron chi connectivity index (χ2n) is 6.07. The van der Waals surface area contributed by atoms with Crippen molar-refractivity contribution in [3.63, 3.8) is 0 Å². The number of hydrogen-bond donors (Lipinski definition) is 1. The molecule has 0 spiro atoms. The van der Waals surface area contributed by atoms with Gasteiger partial charge in [0.05, 0.1) is 18.2 Å². The van der Waals surface area contributed by atoms with Crippen molar-refractivity contribution in [2.75, 3.05) is 25.6 Å². The van der Waals surface area contributed by atoms with Gasteiger partial charge >= 0.3 is 5.97 Å². The highest BCUT2D eigenvalue weighted by molar-refractivity contribution is 9.10. The monoisotopic (exact) mass is 472 g/mol. The number of amides is 1. The van der Waals surface area contributed by atoms with Crippen molar-refractivity contribution in [1.82, 2.24) is 0 Å². The van der Waals surface area contributed by atoms with E-state index in [-0.39, 0.29) is 12.2 Å². The second-order valence-corrected chi connectivity index (χ2v) is 6.92. The lowest BCUT2D eigenvalue weighted by molar-refractivity contribution is -0.142. The first-order chi connectivity index (χ1) is 14.4. The normalized spacial score (nSPS) is 10.7. The number of nitrogens with zero attached hydrogens (tertiary/aromatic N) is 1. The largest absolute Gasteiger partial charge is 0.490 e. The van der Waals surface area contributed by atoms with E-state index in [1.807, 2.05) is 25.1 Å². The van der Waals surface area contributed by atoms with Gasteiger partial charge in [-0.3, -0.25) is 4.79 Å². The van der Waals surface area contributed by atoms with Crippen LogP contribution in [-0.2, 0) is 14.3 Å². The topological polar surface area (TPSA) is 97.6 Å². The first kappa shape index (κ1) is 23.0. The molecule has 0 aliphatic rings. The molecule has 0 saturated carbocycles. The van der Waals surface area contributed by atoms with E-state index in [0.717, 1.165) is 5.56 Å². The Morgan fingerprint density at radius 1 is 1.23 bits per heavy atom. The molecule has 7 nitrogen and oxygen atoms in total. The van der Waals surface area contributed by atoms with Gasteiger partial charge in [0, 0.05) is 5.69 Å². The molecule has 0 fully saturated rings. The van der Waals surface area contributed by atoms with Gasteiger partial charge in [0.15, 0.2) is 18.1 Å². The maximum absolute atomic E-state index is 12.6. The van der Waals surface area contributed by atoms with Crippen molar-refractivity contribution in [3.8, 4) is 17.6 Å². The van der Waals surface area contributed by atoms with Gasteiger partial charge in [-0.2, -0.15) is 5.26 Å². The van der Waals surface area contributed by atoms with Crippen LogP contribution in [0.25, 0.3) is 6.08 Å². The molecule has 1 amide bonds. The van der Waals surface area contributed by atoms with Crippen molar-refractivity contribution >= 4 is 39.6 Å². The zero-order valence-electron chi connectivity index (χ0n) is 16.8. The Bertz CT molecular complexity index is 1010. The Morgan fingerprint density at radius 2 is 1.97 bits per heavy atom. The molecule has 156 valence electrons. The van der Waals surface area contributed by atoms with Crippen LogP contribution >= 0.6 is 15.9 Å². The summed E-state index contributed by atoms with van der Waals surface area (Å²) in [7, 11) is 1.27. The second kappa shape index (κ2) is 11.0. The molecule has 0 unspecified atom stereocenters. The molecule has 0 aromatic heterocycles. The standard InChI is InChI=1S/C22H21BrN2O5/c1-4-29-19-11-15(10-17(23)21(19)30-13-20(26)28-3)9-16(12-24)22(27)25-18-8-6-5-7-14(18)2/h5-11H,4,13H2,1-3H3,(H,25,27)/b16-9+. The Hall–Kier alpha value is -3.31. The molecule has 0 aliphatic heterocycles. The molecule has 0 radical (unpaired) electrons. The number of hydrogen-bond acceptors (Lipinski definition) is 6. The zero-order valence-corrected chi connectivity index (χ0v) is 18.4. The maximum atomic E-state index is 12.6. The van der Waals surface area contributed by atoms with E-state index in [2.05, 4.69) is 26.0 Å². The number of ether oxygens (including phenoxy) is 3. The number of methoxy groups -OCH3 is 1. The fourth-order valence-corrected chi connectivity index (χ4v) is 3.06. The van der Waals surface area contributed by atoms with Crippen molar-refractivity contribution in [2.45, 2.75) is 13.8 Å². The lowest BCUT2D eigenvalue weighted by Gasteiger charge is -2.14. The van der Waals surface area contributed by atoms with Crippen LogP contribution in [0.4, 0.5) is 5.69 Å². The lowest BCUT2D eigenvalue weighted by atomic mass is 10.1.